The van der Waals surface area contributed by atoms with Gasteiger partial charge in [-0.2, -0.15) is 0 Å². The number of anilines is 1. The van der Waals surface area contributed by atoms with Gasteiger partial charge in [-0.3, -0.25) is 0 Å². The maximum absolute atomic E-state index is 10.0. The Kier molecular flexibility index (Phi) is 3.78. The van der Waals surface area contributed by atoms with Crippen molar-refractivity contribution >= 4 is 5.69 Å². The number of fused-ring (bicyclic) bond motifs is 1. The minimum atomic E-state index is -0.633. The Morgan fingerprint density at radius 1 is 1.33 bits per heavy atom. The van der Waals surface area contributed by atoms with Crippen LogP contribution in [0.1, 0.15) is 32.4 Å². The van der Waals surface area contributed by atoms with E-state index in [9.17, 15) is 5.11 Å². The average Bonchev–Trinajstić information content (AvgIpc) is 2.36. The van der Waals surface area contributed by atoms with Gasteiger partial charge in [-0.25, -0.2) is 0 Å². The number of ether oxygens (including phenoxy) is 1. The van der Waals surface area contributed by atoms with Gasteiger partial charge in [0, 0.05) is 12.1 Å². The van der Waals surface area contributed by atoms with Gasteiger partial charge < -0.3 is 20.5 Å². The molecule has 100 valence electrons. The second-order valence-electron chi connectivity index (χ2n) is 5.17. The van der Waals surface area contributed by atoms with Crippen molar-refractivity contribution < 1.29 is 9.84 Å². The molecule has 0 saturated carbocycles. The average molecular weight is 250 g/mol. The summed E-state index contributed by atoms with van der Waals surface area (Å²) < 4.78 is 5.64. The maximum Gasteiger partial charge on any atom is 0.142 e. The Hall–Kier alpha value is -1.26. The molecule has 1 heterocycles. The van der Waals surface area contributed by atoms with Gasteiger partial charge in [-0.1, -0.05) is 6.07 Å². The number of rotatable bonds is 3. The summed E-state index contributed by atoms with van der Waals surface area (Å²) in [5.74, 6) is 0.885. The maximum atomic E-state index is 10.0. The van der Waals surface area contributed by atoms with Crippen molar-refractivity contribution in [3.05, 3.63) is 23.8 Å². The predicted octanol–water partition coefficient (Wildman–Crippen LogP) is 1.67. The van der Waals surface area contributed by atoms with Gasteiger partial charge in [0.1, 0.15) is 12.4 Å². The normalized spacial score (nSPS) is 18.2. The Labute approximate surface area is 108 Å². The fourth-order valence-electron chi connectivity index (χ4n) is 2.28. The lowest BCUT2D eigenvalue weighted by molar-refractivity contribution is 0.153. The zero-order valence-corrected chi connectivity index (χ0v) is 11.3. The van der Waals surface area contributed by atoms with Crippen LogP contribution in [0.3, 0.4) is 0 Å². The molecule has 0 bridgehead atoms. The molecule has 0 radical (unpaired) electrons. The van der Waals surface area contributed by atoms with E-state index in [-0.39, 0.29) is 6.04 Å². The summed E-state index contributed by atoms with van der Waals surface area (Å²) >= 11 is 0. The summed E-state index contributed by atoms with van der Waals surface area (Å²) in [6.45, 7) is 7.71. The third kappa shape index (κ3) is 2.44. The first-order chi connectivity index (χ1) is 8.50. The van der Waals surface area contributed by atoms with Crippen molar-refractivity contribution in [3.8, 4) is 5.75 Å². The van der Waals surface area contributed by atoms with Crippen LogP contribution in [0.4, 0.5) is 5.69 Å². The van der Waals surface area contributed by atoms with Crippen molar-refractivity contribution in [1.29, 1.82) is 0 Å². The summed E-state index contributed by atoms with van der Waals surface area (Å²) in [5, 5.41) is 10.0. The van der Waals surface area contributed by atoms with Crippen LogP contribution in [0, 0.1) is 0 Å². The molecule has 3 N–H and O–H groups in total. The van der Waals surface area contributed by atoms with Gasteiger partial charge in [0.2, 0.25) is 0 Å². The van der Waals surface area contributed by atoms with E-state index in [0.29, 0.717) is 12.6 Å². The Balaban J connectivity index is 2.36. The van der Waals surface area contributed by atoms with E-state index >= 15 is 0 Å². The summed E-state index contributed by atoms with van der Waals surface area (Å²) in [6.07, 6.45) is -0.633. The number of hydrogen-bond donors (Lipinski definition) is 2. The van der Waals surface area contributed by atoms with Crippen molar-refractivity contribution in [2.24, 2.45) is 5.73 Å². The highest BCUT2D eigenvalue weighted by molar-refractivity contribution is 5.62. The highest BCUT2D eigenvalue weighted by Gasteiger charge is 2.22. The molecule has 0 amide bonds. The molecule has 4 heteroatoms. The van der Waals surface area contributed by atoms with Gasteiger partial charge in [-0.05, 0) is 38.5 Å². The highest BCUT2D eigenvalue weighted by Crippen LogP contribution is 2.35. The summed E-state index contributed by atoms with van der Waals surface area (Å²) in [7, 11) is 0. The van der Waals surface area contributed by atoms with E-state index in [4.69, 9.17) is 10.5 Å². The molecule has 0 aromatic heterocycles. The Bertz CT molecular complexity index is 418. The largest absolute Gasteiger partial charge is 0.490 e. The molecule has 2 unspecified atom stereocenters. The third-order valence-electron chi connectivity index (χ3n) is 3.35. The fraction of sp³-hybridized carbons (Fsp3) is 0.571. The van der Waals surface area contributed by atoms with Crippen LogP contribution in [0.25, 0.3) is 0 Å². The van der Waals surface area contributed by atoms with Crippen LogP contribution in [-0.2, 0) is 0 Å². The van der Waals surface area contributed by atoms with Crippen LogP contribution in [0.5, 0.6) is 5.75 Å². The fourth-order valence-corrected chi connectivity index (χ4v) is 2.28. The standard InChI is InChI=1S/C14H22N2O2/c1-9(2)16-6-7-18-13-5-4-11(8-12(13)16)14(17)10(3)15/h4-5,8-10,14,17H,6-7,15H2,1-3H3. The number of aliphatic hydroxyl groups excluding tert-OH is 1. The topological polar surface area (TPSA) is 58.7 Å². The number of benzene rings is 1. The second kappa shape index (κ2) is 5.16. The predicted molar refractivity (Wildman–Crippen MR) is 73.0 cm³/mol. The lowest BCUT2D eigenvalue weighted by Gasteiger charge is -2.35. The van der Waals surface area contributed by atoms with E-state index in [1.807, 2.05) is 18.2 Å². The quantitative estimate of drug-likeness (QED) is 0.857. The van der Waals surface area contributed by atoms with E-state index in [0.717, 1.165) is 23.5 Å². The molecule has 1 aromatic carbocycles. The second-order valence-corrected chi connectivity index (χ2v) is 5.17. The summed E-state index contributed by atoms with van der Waals surface area (Å²) in [4.78, 5) is 2.29. The molecular weight excluding hydrogens is 228 g/mol. The molecule has 1 aliphatic heterocycles. The van der Waals surface area contributed by atoms with Gasteiger partial charge in [0.15, 0.2) is 0 Å². The lowest BCUT2D eigenvalue weighted by atomic mass is 10.0. The van der Waals surface area contributed by atoms with Gasteiger partial charge in [0.25, 0.3) is 0 Å². The lowest BCUT2D eigenvalue weighted by Crippen LogP contribution is -2.38. The summed E-state index contributed by atoms with van der Waals surface area (Å²) in [5.41, 5.74) is 7.64. The van der Waals surface area contributed by atoms with Crippen molar-refractivity contribution in [2.45, 2.75) is 39.0 Å². The van der Waals surface area contributed by atoms with Crippen LogP contribution in [0.2, 0.25) is 0 Å². The Morgan fingerprint density at radius 3 is 2.67 bits per heavy atom. The van der Waals surface area contributed by atoms with Gasteiger partial charge in [-0.15, -0.1) is 0 Å². The van der Waals surface area contributed by atoms with Crippen molar-refractivity contribution in [3.63, 3.8) is 0 Å². The third-order valence-corrected chi connectivity index (χ3v) is 3.35. The number of hydrogen-bond acceptors (Lipinski definition) is 4. The Morgan fingerprint density at radius 2 is 2.06 bits per heavy atom. The van der Waals surface area contributed by atoms with E-state index < -0.39 is 6.10 Å². The number of aliphatic hydroxyl groups is 1. The zero-order chi connectivity index (χ0) is 13.3. The van der Waals surface area contributed by atoms with Crippen LogP contribution >= 0.6 is 0 Å². The first kappa shape index (κ1) is 13.2. The minimum absolute atomic E-state index is 0.278. The SMILES string of the molecule is CC(N)C(O)c1ccc2c(c1)N(C(C)C)CCO2. The molecule has 0 fully saturated rings. The smallest absolute Gasteiger partial charge is 0.142 e. The molecule has 18 heavy (non-hydrogen) atoms. The van der Waals surface area contributed by atoms with E-state index in [1.54, 1.807) is 6.92 Å². The molecule has 2 atom stereocenters. The van der Waals surface area contributed by atoms with Crippen molar-refractivity contribution in [2.75, 3.05) is 18.1 Å². The van der Waals surface area contributed by atoms with E-state index in [2.05, 4.69) is 18.7 Å². The highest BCUT2D eigenvalue weighted by atomic mass is 16.5. The molecule has 4 nitrogen and oxygen atoms in total. The molecule has 0 saturated heterocycles. The first-order valence-electron chi connectivity index (χ1n) is 6.47. The van der Waals surface area contributed by atoms with Crippen LogP contribution in [-0.4, -0.2) is 30.3 Å². The van der Waals surface area contributed by atoms with Gasteiger partial charge >= 0.3 is 0 Å². The van der Waals surface area contributed by atoms with E-state index in [1.165, 1.54) is 0 Å². The molecule has 1 aromatic rings. The molecule has 0 spiro atoms. The molecule has 2 rings (SSSR count). The van der Waals surface area contributed by atoms with Gasteiger partial charge in [0.05, 0.1) is 18.3 Å². The van der Waals surface area contributed by atoms with Crippen molar-refractivity contribution in [1.82, 2.24) is 0 Å². The number of nitrogens with two attached hydrogens (primary N) is 1. The minimum Gasteiger partial charge on any atom is -0.490 e. The first-order valence-corrected chi connectivity index (χ1v) is 6.47. The molecule has 0 aliphatic carbocycles. The molecular formula is C14H22N2O2. The monoisotopic (exact) mass is 250 g/mol. The zero-order valence-electron chi connectivity index (χ0n) is 11.3. The summed E-state index contributed by atoms with van der Waals surface area (Å²) in [6, 6.07) is 5.93. The molecule has 1 aliphatic rings. The number of nitrogens with zero attached hydrogens (tertiary/aromatic N) is 1. The van der Waals surface area contributed by atoms with Crippen LogP contribution in [0.15, 0.2) is 18.2 Å². The van der Waals surface area contributed by atoms with Crippen LogP contribution < -0.4 is 15.4 Å².